The van der Waals surface area contributed by atoms with Crippen molar-refractivity contribution in [1.29, 1.82) is 0 Å². The van der Waals surface area contributed by atoms with E-state index in [0.29, 0.717) is 11.4 Å². The van der Waals surface area contributed by atoms with Crippen LogP contribution in [0.25, 0.3) is 0 Å². The number of benzene rings is 1. The molecule has 0 radical (unpaired) electrons. The van der Waals surface area contributed by atoms with Gasteiger partial charge in [-0.25, -0.2) is 4.98 Å². The van der Waals surface area contributed by atoms with Gasteiger partial charge in [0, 0.05) is 29.7 Å². The van der Waals surface area contributed by atoms with Crippen LogP contribution in [0.4, 0.5) is 24.5 Å². The van der Waals surface area contributed by atoms with Crippen molar-refractivity contribution >= 4 is 11.4 Å². The van der Waals surface area contributed by atoms with Gasteiger partial charge in [0.15, 0.2) is 11.5 Å². The number of aromatic nitrogens is 1. The van der Waals surface area contributed by atoms with Crippen LogP contribution in [0.15, 0.2) is 36.5 Å². The van der Waals surface area contributed by atoms with E-state index in [-0.39, 0.29) is 11.5 Å². The van der Waals surface area contributed by atoms with Crippen LogP contribution in [0.2, 0.25) is 0 Å². The van der Waals surface area contributed by atoms with Crippen LogP contribution in [0, 0.1) is 5.95 Å². The highest BCUT2D eigenvalue weighted by Gasteiger charge is 2.43. The SMILES string of the molecule is Fc1cc(Nc2ccc3c(c2)OC(F)(F)O3)ccn1. The lowest BCUT2D eigenvalue weighted by atomic mass is 10.2. The first-order chi connectivity index (χ1) is 9.02. The van der Waals surface area contributed by atoms with Crippen LogP contribution in [-0.2, 0) is 0 Å². The third-order valence-electron chi connectivity index (χ3n) is 2.42. The number of halogens is 3. The molecule has 1 N–H and O–H groups in total. The van der Waals surface area contributed by atoms with E-state index in [1.807, 2.05) is 0 Å². The molecule has 1 aromatic heterocycles. The Bertz CT molecular complexity index is 634. The van der Waals surface area contributed by atoms with E-state index in [0.717, 1.165) is 0 Å². The van der Waals surface area contributed by atoms with Crippen molar-refractivity contribution in [3.63, 3.8) is 0 Å². The molecule has 0 aliphatic carbocycles. The summed E-state index contributed by atoms with van der Waals surface area (Å²) in [6, 6.07) is 6.92. The molecule has 0 atom stereocenters. The number of rotatable bonds is 2. The van der Waals surface area contributed by atoms with Gasteiger partial charge in [0.1, 0.15) is 0 Å². The minimum atomic E-state index is -3.65. The van der Waals surface area contributed by atoms with Crippen molar-refractivity contribution in [2.45, 2.75) is 6.29 Å². The first kappa shape index (κ1) is 11.6. The number of hydrogen-bond acceptors (Lipinski definition) is 4. The van der Waals surface area contributed by atoms with Crippen molar-refractivity contribution in [2.24, 2.45) is 0 Å². The van der Waals surface area contributed by atoms with Crippen molar-refractivity contribution < 1.29 is 22.6 Å². The van der Waals surface area contributed by atoms with Gasteiger partial charge in [0.25, 0.3) is 0 Å². The van der Waals surface area contributed by atoms with Gasteiger partial charge in [0.05, 0.1) is 0 Å². The van der Waals surface area contributed by atoms with Gasteiger partial charge in [-0.2, -0.15) is 4.39 Å². The van der Waals surface area contributed by atoms with Crippen LogP contribution >= 0.6 is 0 Å². The fourth-order valence-electron chi connectivity index (χ4n) is 1.67. The smallest absolute Gasteiger partial charge is 0.395 e. The summed E-state index contributed by atoms with van der Waals surface area (Å²) >= 11 is 0. The average molecular weight is 268 g/mol. The molecule has 0 saturated carbocycles. The van der Waals surface area contributed by atoms with E-state index in [2.05, 4.69) is 19.8 Å². The van der Waals surface area contributed by atoms with Crippen molar-refractivity contribution in [3.05, 3.63) is 42.5 Å². The normalized spacial score (nSPS) is 15.3. The Kier molecular flexibility index (Phi) is 2.48. The summed E-state index contributed by atoms with van der Waals surface area (Å²) in [5, 5.41) is 2.84. The predicted octanol–water partition coefficient (Wildman–Crippen LogP) is 3.29. The van der Waals surface area contributed by atoms with E-state index >= 15 is 0 Å². The second-order valence-corrected chi connectivity index (χ2v) is 3.82. The molecule has 0 fully saturated rings. The number of alkyl halides is 2. The molecular weight excluding hydrogens is 261 g/mol. The Morgan fingerprint density at radius 2 is 1.74 bits per heavy atom. The summed E-state index contributed by atoms with van der Waals surface area (Å²) in [6.07, 6.45) is -2.36. The second-order valence-electron chi connectivity index (χ2n) is 3.82. The number of anilines is 2. The molecule has 1 aliphatic heterocycles. The van der Waals surface area contributed by atoms with E-state index in [4.69, 9.17) is 0 Å². The molecule has 2 heterocycles. The number of nitrogens with zero attached hydrogens (tertiary/aromatic N) is 1. The molecule has 0 unspecified atom stereocenters. The lowest BCUT2D eigenvalue weighted by Crippen LogP contribution is -2.25. The maximum atomic E-state index is 12.9. The monoisotopic (exact) mass is 268 g/mol. The summed E-state index contributed by atoms with van der Waals surface area (Å²) in [4.78, 5) is 3.41. The molecule has 1 aliphatic rings. The Hall–Kier alpha value is -2.44. The Morgan fingerprint density at radius 3 is 2.53 bits per heavy atom. The fraction of sp³-hybridized carbons (Fsp3) is 0.0833. The van der Waals surface area contributed by atoms with Crippen LogP contribution in [0.3, 0.4) is 0 Å². The molecule has 0 spiro atoms. The van der Waals surface area contributed by atoms with Crippen molar-refractivity contribution in [2.75, 3.05) is 5.32 Å². The fourth-order valence-corrected chi connectivity index (χ4v) is 1.67. The molecule has 7 heteroatoms. The van der Waals surface area contributed by atoms with E-state index in [1.54, 1.807) is 6.07 Å². The molecule has 3 rings (SSSR count). The highest BCUT2D eigenvalue weighted by Crippen LogP contribution is 2.42. The van der Waals surface area contributed by atoms with Gasteiger partial charge < -0.3 is 14.8 Å². The summed E-state index contributed by atoms with van der Waals surface area (Å²) < 4.78 is 47.1. The lowest BCUT2D eigenvalue weighted by molar-refractivity contribution is -0.286. The van der Waals surface area contributed by atoms with Gasteiger partial charge in [0.2, 0.25) is 5.95 Å². The average Bonchev–Trinajstić information content (AvgIpc) is 2.62. The van der Waals surface area contributed by atoms with Crippen LogP contribution in [0.5, 0.6) is 11.5 Å². The van der Waals surface area contributed by atoms with Gasteiger partial charge in [-0.1, -0.05) is 0 Å². The quantitative estimate of drug-likeness (QED) is 0.849. The van der Waals surface area contributed by atoms with Crippen LogP contribution in [-0.4, -0.2) is 11.3 Å². The zero-order valence-corrected chi connectivity index (χ0v) is 9.36. The third kappa shape index (κ3) is 2.40. The lowest BCUT2D eigenvalue weighted by Gasteiger charge is -2.06. The molecule has 0 amide bonds. The molecule has 19 heavy (non-hydrogen) atoms. The van der Waals surface area contributed by atoms with E-state index in [9.17, 15) is 13.2 Å². The Morgan fingerprint density at radius 1 is 1.00 bits per heavy atom. The first-order valence-electron chi connectivity index (χ1n) is 5.30. The van der Waals surface area contributed by atoms with Gasteiger partial charge in [-0.15, -0.1) is 8.78 Å². The van der Waals surface area contributed by atoms with Gasteiger partial charge in [-0.05, 0) is 18.2 Å². The summed E-state index contributed by atoms with van der Waals surface area (Å²) in [5.74, 6) is -0.765. The molecule has 1 aromatic carbocycles. The summed E-state index contributed by atoms with van der Waals surface area (Å²) in [5.41, 5.74) is 0.906. The largest absolute Gasteiger partial charge is 0.586 e. The molecule has 0 bridgehead atoms. The number of fused-ring (bicyclic) bond motifs is 1. The maximum Gasteiger partial charge on any atom is 0.586 e. The number of ether oxygens (including phenoxy) is 2. The Balaban J connectivity index is 1.85. The van der Waals surface area contributed by atoms with E-state index < -0.39 is 12.2 Å². The number of nitrogens with one attached hydrogen (secondary N) is 1. The maximum absolute atomic E-state index is 12.9. The van der Waals surface area contributed by atoms with Crippen molar-refractivity contribution in [3.8, 4) is 11.5 Å². The van der Waals surface area contributed by atoms with Gasteiger partial charge >= 0.3 is 6.29 Å². The number of pyridine rings is 1. The summed E-state index contributed by atoms with van der Waals surface area (Å²) in [7, 11) is 0. The zero-order valence-electron chi connectivity index (χ0n) is 9.36. The molecule has 2 aromatic rings. The molecule has 0 saturated heterocycles. The highest BCUT2D eigenvalue weighted by atomic mass is 19.3. The third-order valence-corrected chi connectivity index (χ3v) is 2.42. The first-order valence-corrected chi connectivity index (χ1v) is 5.30. The molecule has 98 valence electrons. The zero-order chi connectivity index (χ0) is 13.5. The standard InChI is InChI=1S/C12H7F3N2O2/c13-11-6-8(3-4-16-11)17-7-1-2-9-10(5-7)19-12(14,15)18-9/h1-6H,(H,16,17). The molecular formula is C12H7F3N2O2. The minimum Gasteiger partial charge on any atom is -0.395 e. The second kappa shape index (κ2) is 4.04. The Labute approximate surface area is 105 Å². The predicted molar refractivity (Wildman–Crippen MR) is 60.1 cm³/mol. The molecule has 4 nitrogen and oxygen atoms in total. The minimum absolute atomic E-state index is 0.0449. The van der Waals surface area contributed by atoms with E-state index in [1.165, 1.54) is 30.5 Å². The van der Waals surface area contributed by atoms with Crippen molar-refractivity contribution in [1.82, 2.24) is 4.98 Å². The summed E-state index contributed by atoms with van der Waals surface area (Å²) in [6.45, 7) is 0. The number of hydrogen-bond donors (Lipinski definition) is 1. The topological polar surface area (TPSA) is 43.4 Å². The highest BCUT2D eigenvalue weighted by molar-refractivity contribution is 5.63. The van der Waals surface area contributed by atoms with Crippen LogP contribution in [0.1, 0.15) is 0 Å². The van der Waals surface area contributed by atoms with Crippen LogP contribution < -0.4 is 14.8 Å². The van der Waals surface area contributed by atoms with Gasteiger partial charge in [-0.3, -0.25) is 0 Å².